The first kappa shape index (κ1) is 28.9. The molecule has 2 aromatic carbocycles. The Balaban J connectivity index is 1.46. The standard InChI is InChI=1S/C26H19F6N3O4S2/c1-24(2)17-18(21(38)35(20(17)37)15-9-4-3-8-14(15)26(30,31)32)40-22-19(24)41-23(39)34(22)11-16(36)33-13-7-5-6-12(10-13)25(27,28)29/h3-10,17-18H,11H2,1-2H3,(H,33,36)/t17-,18+/m1/s1. The van der Waals surface area contributed by atoms with Crippen molar-refractivity contribution in [2.24, 2.45) is 5.92 Å². The van der Waals surface area contributed by atoms with Gasteiger partial charge >= 0.3 is 17.2 Å². The molecule has 15 heteroatoms. The van der Waals surface area contributed by atoms with Gasteiger partial charge in [-0.15, -0.1) is 0 Å². The Morgan fingerprint density at radius 2 is 1.63 bits per heavy atom. The molecule has 7 nitrogen and oxygen atoms in total. The van der Waals surface area contributed by atoms with E-state index in [0.29, 0.717) is 9.78 Å². The molecule has 216 valence electrons. The van der Waals surface area contributed by atoms with Crippen molar-refractivity contribution >= 4 is 52.2 Å². The molecule has 0 radical (unpaired) electrons. The fourth-order valence-electron chi connectivity index (χ4n) is 5.03. The van der Waals surface area contributed by atoms with Gasteiger partial charge in [0.1, 0.15) is 11.8 Å². The first-order chi connectivity index (χ1) is 19.0. The lowest BCUT2D eigenvalue weighted by atomic mass is 9.76. The topological polar surface area (TPSA) is 88.5 Å². The minimum Gasteiger partial charge on any atom is -0.325 e. The monoisotopic (exact) mass is 615 g/mol. The zero-order valence-corrected chi connectivity index (χ0v) is 22.7. The number of imide groups is 1. The number of aromatic nitrogens is 1. The number of rotatable bonds is 4. The van der Waals surface area contributed by atoms with Crippen LogP contribution in [0.3, 0.4) is 0 Å². The Labute approximate surface area is 236 Å². The SMILES string of the molecule is CC1(C)c2sc(=O)n(CC(=O)Nc3cccc(C(F)(F)F)c3)c2S[C@@H]2C(=O)N(c3ccccc3C(F)(F)F)C(=O)[C@@H]21. The number of anilines is 2. The summed E-state index contributed by atoms with van der Waals surface area (Å²) in [6.45, 7) is 2.58. The summed E-state index contributed by atoms with van der Waals surface area (Å²) >= 11 is 1.54. The number of amides is 3. The van der Waals surface area contributed by atoms with Gasteiger partial charge in [0.15, 0.2) is 0 Å². The molecular formula is C26H19F6N3O4S2. The number of alkyl halides is 6. The third kappa shape index (κ3) is 4.94. The van der Waals surface area contributed by atoms with E-state index >= 15 is 0 Å². The number of hydrogen-bond donors (Lipinski definition) is 1. The summed E-state index contributed by atoms with van der Waals surface area (Å²) in [7, 11) is 0. The summed E-state index contributed by atoms with van der Waals surface area (Å²) in [5, 5.41) is 1.33. The van der Waals surface area contributed by atoms with Gasteiger partial charge in [0.25, 0.3) is 0 Å². The molecule has 0 spiro atoms. The maximum Gasteiger partial charge on any atom is 0.418 e. The molecule has 2 aliphatic rings. The number of thioether (sulfide) groups is 1. The summed E-state index contributed by atoms with van der Waals surface area (Å²) in [5.74, 6) is -3.64. The highest BCUT2D eigenvalue weighted by Crippen LogP contribution is 2.55. The van der Waals surface area contributed by atoms with E-state index in [1.807, 2.05) is 0 Å². The molecule has 3 aromatic rings. The number of nitrogens with one attached hydrogen (secondary N) is 1. The highest BCUT2D eigenvalue weighted by Gasteiger charge is 2.60. The van der Waals surface area contributed by atoms with Crippen molar-refractivity contribution in [2.75, 3.05) is 10.2 Å². The molecule has 2 aliphatic heterocycles. The molecule has 1 saturated heterocycles. The average Bonchev–Trinajstić information content (AvgIpc) is 3.32. The number of carbonyl (C=O) groups excluding carboxylic acids is 3. The number of carbonyl (C=O) groups is 3. The maximum absolute atomic E-state index is 13.7. The minimum absolute atomic E-state index is 0.148. The fourth-order valence-corrected chi connectivity index (χ4v) is 8.07. The van der Waals surface area contributed by atoms with Crippen LogP contribution in [0.1, 0.15) is 29.9 Å². The van der Waals surface area contributed by atoms with Crippen LogP contribution in [0.25, 0.3) is 0 Å². The zero-order valence-electron chi connectivity index (χ0n) is 21.1. The number of thiazole rings is 1. The van der Waals surface area contributed by atoms with E-state index in [0.717, 1.165) is 64.1 Å². The van der Waals surface area contributed by atoms with E-state index in [1.165, 1.54) is 12.1 Å². The zero-order chi connectivity index (χ0) is 30.1. The largest absolute Gasteiger partial charge is 0.418 e. The van der Waals surface area contributed by atoms with E-state index in [-0.39, 0.29) is 10.7 Å². The average molecular weight is 616 g/mol. The Morgan fingerprint density at radius 3 is 2.29 bits per heavy atom. The first-order valence-corrected chi connectivity index (χ1v) is 13.6. The van der Waals surface area contributed by atoms with Crippen molar-refractivity contribution in [2.45, 2.75) is 48.4 Å². The highest BCUT2D eigenvalue weighted by molar-refractivity contribution is 8.00. The van der Waals surface area contributed by atoms with E-state index in [1.54, 1.807) is 13.8 Å². The van der Waals surface area contributed by atoms with Gasteiger partial charge in [0, 0.05) is 16.0 Å². The van der Waals surface area contributed by atoms with Crippen LogP contribution in [0.5, 0.6) is 0 Å². The molecule has 0 bridgehead atoms. The molecule has 41 heavy (non-hydrogen) atoms. The number of benzene rings is 2. The second kappa shape index (κ2) is 9.76. The summed E-state index contributed by atoms with van der Waals surface area (Å²) in [6, 6.07) is 8.17. The molecule has 0 aliphatic carbocycles. The first-order valence-electron chi connectivity index (χ1n) is 11.9. The Bertz CT molecular complexity index is 1640. The van der Waals surface area contributed by atoms with Gasteiger partial charge in [0.2, 0.25) is 17.7 Å². The number of para-hydroxylation sites is 1. The third-order valence-electron chi connectivity index (χ3n) is 6.93. The lowest BCUT2D eigenvalue weighted by molar-refractivity contribution is -0.138. The van der Waals surface area contributed by atoms with Crippen LogP contribution in [0.2, 0.25) is 0 Å². The van der Waals surface area contributed by atoms with Gasteiger partial charge in [-0.3, -0.25) is 23.7 Å². The summed E-state index contributed by atoms with van der Waals surface area (Å²) in [6.07, 6.45) is -9.47. The lowest BCUT2D eigenvalue weighted by Crippen LogP contribution is -2.42. The van der Waals surface area contributed by atoms with E-state index in [4.69, 9.17) is 0 Å². The van der Waals surface area contributed by atoms with Gasteiger partial charge < -0.3 is 5.32 Å². The number of halogens is 6. The minimum atomic E-state index is -4.83. The van der Waals surface area contributed by atoms with Crippen LogP contribution in [0.15, 0.2) is 58.4 Å². The predicted molar refractivity (Wildman–Crippen MR) is 139 cm³/mol. The van der Waals surface area contributed by atoms with Crippen molar-refractivity contribution in [1.82, 2.24) is 4.57 Å². The van der Waals surface area contributed by atoms with Gasteiger partial charge in [-0.1, -0.05) is 55.1 Å². The summed E-state index contributed by atoms with van der Waals surface area (Å²) < 4.78 is 81.3. The molecule has 5 rings (SSSR count). The predicted octanol–water partition coefficient (Wildman–Crippen LogP) is 5.53. The van der Waals surface area contributed by atoms with Gasteiger partial charge in [0.05, 0.1) is 27.8 Å². The van der Waals surface area contributed by atoms with Crippen LogP contribution >= 0.6 is 23.1 Å². The molecule has 2 atom stereocenters. The highest BCUT2D eigenvalue weighted by atomic mass is 32.2. The summed E-state index contributed by atoms with van der Waals surface area (Å²) in [5.41, 5.74) is -4.05. The summed E-state index contributed by atoms with van der Waals surface area (Å²) in [4.78, 5) is 53.0. The fraction of sp³-hybridized carbons (Fsp3) is 0.308. The molecule has 1 aromatic heterocycles. The third-order valence-corrected chi connectivity index (χ3v) is 9.75. The maximum atomic E-state index is 13.7. The second-order valence-electron chi connectivity index (χ2n) is 9.98. The smallest absolute Gasteiger partial charge is 0.325 e. The Morgan fingerprint density at radius 1 is 0.951 bits per heavy atom. The van der Waals surface area contributed by atoms with Gasteiger partial charge in [-0.2, -0.15) is 26.3 Å². The van der Waals surface area contributed by atoms with Crippen LogP contribution in [0.4, 0.5) is 37.7 Å². The molecule has 0 unspecified atom stereocenters. The Hall–Kier alpha value is -3.59. The number of nitrogens with zero attached hydrogens (tertiary/aromatic N) is 2. The molecule has 3 heterocycles. The normalized spacial score (nSPS) is 20.1. The van der Waals surface area contributed by atoms with Crippen molar-refractivity contribution in [3.8, 4) is 0 Å². The van der Waals surface area contributed by atoms with Crippen molar-refractivity contribution in [3.63, 3.8) is 0 Å². The van der Waals surface area contributed by atoms with Crippen molar-refractivity contribution in [3.05, 3.63) is 74.2 Å². The molecular weight excluding hydrogens is 596 g/mol. The van der Waals surface area contributed by atoms with Crippen molar-refractivity contribution < 1.29 is 40.7 Å². The quantitative estimate of drug-likeness (QED) is 0.308. The van der Waals surface area contributed by atoms with Crippen molar-refractivity contribution in [1.29, 1.82) is 0 Å². The molecule has 1 N–H and O–H groups in total. The number of fused-ring (bicyclic) bond motifs is 2. The molecule has 1 fully saturated rings. The van der Waals surface area contributed by atoms with Gasteiger partial charge in [-0.25, -0.2) is 4.90 Å². The van der Waals surface area contributed by atoms with Gasteiger partial charge in [-0.05, 0) is 30.3 Å². The molecule has 3 amide bonds. The van der Waals surface area contributed by atoms with E-state index < -0.39 is 74.9 Å². The lowest BCUT2D eigenvalue weighted by Gasteiger charge is -2.36. The van der Waals surface area contributed by atoms with Crippen LogP contribution < -0.4 is 15.1 Å². The van der Waals surface area contributed by atoms with E-state index in [2.05, 4.69) is 5.32 Å². The van der Waals surface area contributed by atoms with Crippen LogP contribution in [-0.4, -0.2) is 27.5 Å². The Kier molecular flexibility index (Phi) is 6.88. The van der Waals surface area contributed by atoms with Crippen LogP contribution in [-0.2, 0) is 38.7 Å². The van der Waals surface area contributed by atoms with E-state index in [9.17, 15) is 45.5 Å². The molecule has 0 saturated carbocycles. The number of hydrogen-bond acceptors (Lipinski definition) is 6. The van der Waals surface area contributed by atoms with Crippen LogP contribution in [0, 0.1) is 5.92 Å². The second-order valence-corrected chi connectivity index (χ2v) is 12.1.